The minimum absolute atomic E-state index is 0.210. The third kappa shape index (κ3) is 3.96. The summed E-state index contributed by atoms with van der Waals surface area (Å²) in [5, 5.41) is 0. The zero-order valence-electron chi connectivity index (χ0n) is 12.1. The first-order valence-electron chi connectivity index (χ1n) is 6.50. The van der Waals surface area contributed by atoms with Gasteiger partial charge >= 0.3 is 0 Å². The molecule has 2 aromatic carbocycles. The minimum Gasteiger partial charge on any atom is -0.399 e. The number of nitrogens with two attached hydrogens (primary N) is 1. The predicted molar refractivity (Wildman–Crippen MR) is 85.6 cm³/mol. The van der Waals surface area contributed by atoms with E-state index in [2.05, 4.69) is 4.72 Å². The van der Waals surface area contributed by atoms with Crippen LogP contribution in [-0.4, -0.2) is 22.5 Å². The highest BCUT2D eigenvalue weighted by molar-refractivity contribution is 7.89. The van der Waals surface area contributed by atoms with Crippen molar-refractivity contribution in [1.82, 2.24) is 4.72 Å². The molecule has 0 amide bonds. The SMILES string of the molecule is CN(C)c1ccc(CNS(=O)(=O)c2ccc(N)cc2)cc1. The molecule has 5 nitrogen and oxygen atoms in total. The Labute approximate surface area is 125 Å². The van der Waals surface area contributed by atoms with Crippen molar-refractivity contribution in [3.8, 4) is 0 Å². The Kier molecular flexibility index (Phi) is 4.50. The molecule has 2 aromatic rings. The molecule has 0 aliphatic heterocycles. The second-order valence-corrected chi connectivity index (χ2v) is 6.72. The van der Waals surface area contributed by atoms with Crippen molar-refractivity contribution in [2.24, 2.45) is 0 Å². The molecule has 0 spiro atoms. The molecule has 3 N–H and O–H groups in total. The number of benzene rings is 2. The molecule has 0 bridgehead atoms. The van der Waals surface area contributed by atoms with Crippen LogP contribution in [0.4, 0.5) is 11.4 Å². The van der Waals surface area contributed by atoms with Gasteiger partial charge in [0.1, 0.15) is 0 Å². The number of hydrogen-bond donors (Lipinski definition) is 2. The Morgan fingerprint density at radius 2 is 1.57 bits per heavy atom. The van der Waals surface area contributed by atoms with Crippen molar-refractivity contribution in [2.45, 2.75) is 11.4 Å². The highest BCUT2D eigenvalue weighted by Crippen LogP contribution is 2.14. The number of nitrogens with zero attached hydrogens (tertiary/aromatic N) is 1. The first-order valence-corrected chi connectivity index (χ1v) is 7.98. The smallest absolute Gasteiger partial charge is 0.240 e. The van der Waals surface area contributed by atoms with Crippen molar-refractivity contribution < 1.29 is 8.42 Å². The van der Waals surface area contributed by atoms with E-state index in [1.807, 2.05) is 43.3 Å². The summed E-state index contributed by atoms with van der Waals surface area (Å²) in [5.41, 5.74) is 8.06. The monoisotopic (exact) mass is 305 g/mol. The van der Waals surface area contributed by atoms with Gasteiger partial charge in [0.2, 0.25) is 10.0 Å². The molecule has 0 fully saturated rings. The van der Waals surface area contributed by atoms with Crippen molar-refractivity contribution in [2.75, 3.05) is 24.7 Å². The number of nitrogens with one attached hydrogen (secondary N) is 1. The van der Waals surface area contributed by atoms with E-state index in [1.54, 1.807) is 12.1 Å². The zero-order valence-corrected chi connectivity index (χ0v) is 12.9. The molecule has 0 saturated heterocycles. The van der Waals surface area contributed by atoms with Crippen molar-refractivity contribution >= 4 is 21.4 Å². The van der Waals surface area contributed by atoms with Gasteiger partial charge in [-0.2, -0.15) is 0 Å². The van der Waals surface area contributed by atoms with Crippen molar-refractivity contribution in [3.05, 3.63) is 54.1 Å². The highest BCUT2D eigenvalue weighted by atomic mass is 32.2. The quantitative estimate of drug-likeness (QED) is 0.826. The van der Waals surface area contributed by atoms with Crippen molar-refractivity contribution in [1.29, 1.82) is 0 Å². The number of sulfonamides is 1. The largest absolute Gasteiger partial charge is 0.399 e. The van der Waals surface area contributed by atoms with Gasteiger partial charge in [0.25, 0.3) is 0 Å². The summed E-state index contributed by atoms with van der Waals surface area (Å²) >= 11 is 0. The van der Waals surface area contributed by atoms with Gasteiger partial charge < -0.3 is 10.6 Å². The Morgan fingerprint density at radius 1 is 1.00 bits per heavy atom. The molecule has 0 unspecified atom stereocenters. The lowest BCUT2D eigenvalue weighted by atomic mass is 10.2. The fourth-order valence-electron chi connectivity index (χ4n) is 1.82. The van der Waals surface area contributed by atoms with E-state index in [1.165, 1.54) is 12.1 Å². The van der Waals surface area contributed by atoms with Gasteiger partial charge in [0, 0.05) is 32.0 Å². The van der Waals surface area contributed by atoms with Gasteiger partial charge in [0.15, 0.2) is 0 Å². The van der Waals surface area contributed by atoms with E-state index >= 15 is 0 Å². The molecule has 0 saturated carbocycles. The van der Waals surface area contributed by atoms with Crippen LogP contribution in [0.2, 0.25) is 0 Å². The lowest BCUT2D eigenvalue weighted by Gasteiger charge is -2.13. The molecular formula is C15H19N3O2S. The molecular weight excluding hydrogens is 286 g/mol. The van der Waals surface area contributed by atoms with Crippen LogP contribution in [-0.2, 0) is 16.6 Å². The van der Waals surface area contributed by atoms with Gasteiger partial charge in [-0.05, 0) is 42.0 Å². The maximum absolute atomic E-state index is 12.1. The van der Waals surface area contributed by atoms with E-state index in [0.717, 1.165) is 11.3 Å². The molecule has 6 heteroatoms. The molecule has 0 heterocycles. The Bertz CT molecular complexity index is 693. The fraction of sp³-hybridized carbons (Fsp3) is 0.200. The standard InChI is InChI=1S/C15H19N3O2S/c1-18(2)14-7-3-12(4-8-14)11-17-21(19,20)15-9-5-13(16)6-10-15/h3-10,17H,11,16H2,1-2H3. The van der Waals surface area contributed by atoms with Crippen molar-refractivity contribution in [3.63, 3.8) is 0 Å². The molecule has 0 aliphatic rings. The van der Waals surface area contributed by atoms with E-state index in [9.17, 15) is 8.42 Å². The van der Waals surface area contributed by atoms with Crippen LogP contribution < -0.4 is 15.4 Å². The first kappa shape index (κ1) is 15.3. The average molecular weight is 305 g/mol. The number of anilines is 2. The summed E-state index contributed by atoms with van der Waals surface area (Å²) in [6.45, 7) is 0.250. The van der Waals surface area contributed by atoms with Crippen LogP contribution in [0.5, 0.6) is 0 Å². The Balaban J connectivity index is 2.06. The van der Waals surface area contributed by atoms with Crippen LogP contribution in [0.1, 0.15) is 5.56 Å². The molecule has 2 rings (SSSR count). The summed E-state index contributed by atoms with van der Waals surface area (Å²) in [4.78, 5) is 2.20. The third-order valence-electron chi connectivity index (χ3n) is 3.11. The summed E-state index contributed by atoms with van der Waals surface area (Å²) in [6, 6.07) is 13.8. The topological polar surface area (TPSA) is 75.4 Å². The first-order chi connectivity index (χ1) is 9.88. The zero-order chi connectivity index (χ0) is 15.5. The maximum atomic E-state index is 12.1. The molecule has 0 radical (unpaired) electrons. The van der Waals surface area contributed by atoms with Gasteiger partial charge in [0.05, 0.1) is 4.90 Å². The van der Waals surface area contributed by atoms with Crippen LogP contribution in [0.25, 0.3) is 0 Å². The molecule has 0 atom stereocenters. The maximum Gasteiger partial charge on any atom is 0.240 e. The summed E-state index contributed by atoms with van der Waals surface area (Å²) in [5.74, 6) is 0. The molecule has 0 aliphatic carbocycles. The van der Waals surface area contributed by atoms with Gasteiger partial charge in [-0.15, -0.1) is 0 Å². The third-order valence-corrected chi connectivity index (χ3v) is 4.53. The van der Waals surface area contributed by atoms with E-state index in [4.69, 9.17) is 5.73 Å². The summed E-state index contributed by atoms with van der Waals surface area (Å²) < 4.78 is 26.8. The van der Waals surface area contributed by atoms with Crippen LogP contribution in [0.3, 0.4) is 0 Å². The van der Waals surface area contributed by atoms with Crippen LogP contribution >= 0.6 is 0 Å². The lowest BCUT2D eigenvalue weighted by Crippen LogP contribution is -2.23. The van der Waals surface area contributed by atoms with E-state index in [0.29, 0.717) is 5.69 Å². The van der Waals surface area contributed by atoms with E-state index < -0.39 is 10.0 Å². The molecule has 112 valence electrons. The average Bonchev–Trinajstić information content (AvgIpc) is 2.46. The minimum atomic E-state index is -3.52. The number of rotatable bonds is 5. The van der Waals surface area contributed by atoms with Crippen LogP contribution in [0.15, 0.2) is 53.4 Å². The summed E-state index contributed by atoms with van der Waals surface area (Å²) in [6.07, 6.45) is 0. The van der Waals surface area contributed by atoms with Gasteiger partial charge in [-0.1, -0.05) is 12.1 Å². The predicted octanol–water partition coefficient (Wildman–Crippen LogP) is 1.81. The van der Waals surface area contributed by atoms with Gasteiger partial charge in [-0.25, -0.2) is 13.1 Å². The number of nitrogen functional groups attached to an aromatic ring is 1. The highest BCUT2D eigenvalue weighted by Gasteiger charge is 2.13. The van der Waals surface area contributed by atoms with Crippen LogP contribution in [0, 0.1) is 0 Å². The van der Waals surface area contributed by atoms with E-state index in [-0.39, 0.29) is 11.4 Å². The fourth-order valence-corrected chi connectivity index (χ4v) is 2.84. The normalized spacial score (nSPS) is 11.3. The summed E-state index contributed by atoms with van der Waals surface area (Å²) in [7, 11) is 0.397. The lowest BCUT2D eigenvalue weighted by molar-refractivity contribution is 0.581. The second kappa shape index (κ2) is 6.15. The Morgan fingerprint density at radius 3 is 2.10 bits per heavy atom. The molecule has 0 aromatic heterocycles. The second-order valence-electron chi connectivity index (χ2n) is 4.95. The number of hydrogen-bond acceptors (Lipinski definition) is 4. The molecule has 21 heavy (non-hydrogen) atoms. The van der Waals surface area contributed by atoms with Gasteiger partial charge in [-0.3, -0.25) is 0 Å². The Hall–Kier alpha value is -2.05.